The molecule has 0 saturated heterocycles. The largest absolute Gasteiger partial charge is 0.305 e. The predicted octanol–water partition coefficient (Wildman–Crippen LogP) is 0.551. The maximum Gasteiger partial charge on any atom is 0.138 e. The van der Waals surface area contributed by atoms with Crippen molar-refractivity contribution in [3.05, 3.63) is 28.7 Å². The van der Waals surface area contributed by atoms with E-state index in [0.717, 1.165) is 12.4 Å². The maximum absolute atomic E-state index is 3.99. The Labute approximate surface area is 79.2 Å². The monoisotopic (exact) mass is 195 g/mol. The minimum absolute atomic E-state index is 0.706. The van der Waals surface area contributed by atoms with Gasteiger partial charge in [0, 0.05) is 17.6 Å². The van der Waals surface area contributed by atoms with Gasteiger partial charge in [-0.05, 0) is 0 Å². The third-order valence-corrected chi connectivity index (χ3v) is 2.32. The van der Waals surface area contributed by atoms with Crippen LogP contribution in [0.25, 0.3) is 0 Å². The third-order valence-electron chi connectivity index (χ3n) is 1.54. The summed E-state index contributed by atoms with van der Waals surface area (Å²) >= 11 is 1.64. The smallest absolute Gasteiger partial charge is 0.138 e. The van der Waals surface area contributed by atoms with Crippen LogP contribution in [0.5, 0.6) is 0 Å². The molecule has 0 unspecified atom stereocenters. The summed E-state index contributed by atoms with van der Waals surface area (Å²) < 4.78 is 0. The van der Waals surface area contributed by atoms with E-state index >= 15 is 0 Å². The Morgan fingerprint density at radius 1 is 1.46 bits per heavy atom. The molecule has 0 aliphatic heterocycles. The van der Waals surface area contributed by atoms with Crippen molar-refractivity contribution < 1.29 is 0 Å². The fraction of sp³-hybridized carbons (Fsp3) is 0.286. The van der Waals surface area contributed by atoms with Crippen LogP contribution in [0.3, 0.4) is 0 Å². The Morgan fingerprint density at radius 2 is 2.46 bits per heavy atom. The van der Waals surface area contributed by atoms with Crippen LogP contribution in [0.15, 0.2) is 18.0 Å². The van der Waals surface area contributed by atoms with Gasteiger partial charge in [0.05, 0.1) is 12.1 Å². The third kappa shape index (κ3) is 2.33. The first-order chi connectivity index (χ1) is 6.45. The van der Waals surface area contributed by atoms with E-state index in [9.17, 15) is 0 Å². The van der Waals surface area contributed by atoms with E-state index in [0.29, 0.717) is 6.54 Å². The van der Waals surface area contributed by atoms with Crippen molar-refractivity contribution in [1.29, 1.82) is 0 Å². The standard InChI is InChI=1S/C7H9N5S/c1(6-2-9-5-13-6)8-3-7-10-4-11-12-7/h2,4-5,8H,1,3H2,(H,10,11,12). The second kappa shape index (κ2) is 4.11. The van der Waals surface area contributed by atoms with Gasteiger partial charge in [-0.1, -0.05) is 0 Å². The molecule has 2 rings (SSSR count). The van der Waals surface area contributed by atoms with Gasteiger partial charge in [-0.15, -0.1) is 11.3 Å². The highest BCUT2D eigenvalue weighted by molar-refractivity contribution is 7.09. The van der Waals surface area contributed by atoms with Gasteiger partial charge < -0.3 is 5.32 Å². The fourth-order valence-corrected chi connectivity index (χ4v) is 1.51. The molecule has 0 aliphatic rings. The molecule has 2 N–H and O–H groups in total. The van der Waals surface area contributed by atoms with Crippen molar-refractivity contribution >= 4 is 11.3 Å². The van der Waals surface area contributed by atoms with Crippen LogP contribution in [0.1, 0.15) is 10.7 Å². The molecule has 2 aromatic heterocycles. The zero-order valence-corrected chi connectivity index (χ0v) is 7.71. The van der Waals surface area contributed by atoms with Gasteiger partial charge in [-0.3, -0.25) is 10.1 Å². The number of hydrogen-bond donors (Lipinski definition) is 2. The molecule has 0 spiro atoms. The summed E-state index contributed by atoms with van der Waals surface area (Å²) in [7, 11) is 0. The van der Waals surface area contributed by atoms with E-state index in [1.807, 2.05) is 11.7 Å². The number of H-pyrrole nitrogens is 1. The van der Waals surface area contributed by atoms with Crippen LogP contribution in [0.2, 0.25) is 0 Å². The van der Waals surface area contributed by atoms with Gasteiger partial charge in [0.1, 0.15) is 12.2 Å². The Hall–Kier alpha value is -1.27. The van der Waals surface area contributed by atoms with Gasteiger partial charge in [-0.25, -0.2) is 4.98 Å². The van der Waals surface area contributed by atoms with Gasteiger partial charge in [0.2, 0.25) is 0 Å². The molecule has 0 saturated carbocycles. The average Bonchev–Trinajstić information content (AvgIpc) is 2.75. The fourth-order valence-electron chi connectivity index (χ4n) is 0.950. The van der Waals surface area contributed by atoms with Crippen LogP contribution in [0.4, 0.5) is 0 Å². The highest BCUT2D eigenvalue weighted by atomic mass is 32.1. The summed E-state index contributed by atoms with van der Waals surface area (Å²) in [6.45, 7) is 1.53. The van der Waals surface area contributed by atoms with Crippen LogP contribution in [-0.2, 0) is 13.1 Å². The lowest BCUT2D eigenvalue weighted by Crippen LogP contribution is -2.12. The Morgan fingerprint density at radius 3 is 3.15 bits per heavy atom. The maximum atomic E-state index is 3.99. The quantitative estimate of drug-likeness (QED) is 0.747. The Balaban J connectivity index is 1.76. The zero-order chi connectivity index (χ0) is 8.93. The molecule has 2 aromatic rings. The number of aromatic amines is 1. The number of nitrogens with one attached hydrogen (secondary N) is 2. The number of nitrogens with zero attached hydrogens (tertiary/aromatic N) is 3. The Bertz CT molecular complexity index is 293. The van der Waals surface area contributed by atoms with Gasteiger partial charge in [-0.2, -0.15) is 5.10 Å². The van der Waals surface area contributed by atoms with Crippen molar-refractivity contribution in [2.24, 2.45) is 0 Å². The molecule has 0 fully saturated rings. The van der Waals surface area contributed by atoms with Gasteiger partial charge in [0.25, 0.3) is 0 Å². The van der Waals surface area contributed by atoms with E-state index in [1.54, 1.807) is 11.3 Å². The summed E-state index contributed by atoms with van der Waals surface area (Å²) in [6, 6.07) is 0. The normalized spacial score (nSPS) is 10.5. The second-order valence-corrected chi connectivity index (χ2v) is 3.47. The van der Waals surface area contributed by atoms with Gasteiger partial charge in [0.15, 0.2) is 0 Å². The lowest BCUT2D eigenvalue weighted by molar-refractivity contribution is 0.670. The van der Waals surface area contributed by atoms with E-state index < -0.39 is 0 Å². The summed E-state index contributed by atoms with van der Waals surface area (Å²) in [5.74, 6) is 0.851. The van der Waals surface area contributed by atoms with Crippen molar-refractivity contribution in [3.8, 4) is 0 Å². The molecule has 0 atom stereocenters. The molecule has 0 radical (unpaired) electrons. The molecule has 0 aromatic carbocycles. The highest BCUT2D eigenvalue weighted by Crippen LogP contribution is 2.04. The minimum atomic E-state index is 0.706. The van der Waals surface area contributed by atoms with Crippen LogP contribution in [-0.4, -0.2) is 20.2 Å². The summed E-state index contributed by atoms with van der Waals surface area (Å²) in [5, 5.41) is 9.76. The summed E-state index contributed by atoms with van der Waals surface area (Å²) in [4.78, 5) is 9.20. The Kier molecular flexibility index (Phi) is 2.63. The van der Waals surface area contributed by atoms with Crippen molar-refractivity contribution in [2.75, 3.05) is 0 Å². The second-order valence-electron chi connectivity index (χ2n) is 2.50. The van der Waals surface area contributed by atoms with Crippen LogP contribution >= 0.6 is 11.3 Å². The average molecular weight is 195 g/mol. The lowest BCUT2D eigenvalue weighted by atomic mass is 10.5. The first-order valence-corrected chi connectivity index (χ1v) is 4.75. The van der Waals surface area contributed by atoms with Crippen molar-refractivity contribution in [1.82, 2.24) is 25.5 Å². The molecule has 6 heteroatoms. The van der Waals surface area contributed by atoms with Crippen molar-refractivity contribution in [3.63, 3.8) is 0 Å². The number of rotatable bonds is 4. The lowest BCUT2D eigenvalue weighted by Gasteiger charge is -1.97. The topological polar surface area (TPSA) is 66.5 Å². The molecule has 13 heavy (non-hydrogen) atoms. The molecule has 0 aliphatic carbocycles. The predicted molar refractivity (Wildman–Crippen MR) is 49.0 cm³/mol. The van der Waals surface area contributed by atoms with Crippen molar-refractivity contribution in [2.45, 2.75) is 13.1 Å². The molecule has 0 bridgehead atoms. The number of aromatic nitrogens is 4. The molecule has 68 valence electrons. The SMILES string of the molecule is c1n[nH]c(CNCc2cncs2)n1. The number of hydrogen-bond acceptors (Lipinski definition) is 5. The molecule has 5 nitrogen and oxygen atoms in total. The highest BCUT2D eigenvalue weighted by Gasteiger charge is 1.96. The van der Waals surface area contributed by atoms with E-state index in [4.69, 9.17) is 0 Å². The molecular formula is C7H9N5S. The van der Waals surface area contributed by atoms with E-state index in [2.05, 4.69) is 25.5 Å². The zero-order valence-electron chi connectivity index (χ0n) is 6.90. The van der Waals surface area contributed by atoms with Crippen LogP contribution < -0.4 is 5.32 Å². The number of thiazole rings is 1. The molecule has 2 heterocycles. The minimum Gasteiger partial charge on any atom is -0.305 e. The van der Waals surface area contributed by atoms with E-state index in [-0.39, 0.29) is 0 Å². The molecule has 0 amide bonds. The first-order valence-electron chi connectivity index (χ1n) is 3.87. The van der Waals surface area contributed by atoms with E-state index in [1.165, 1.54) is 11.2 Å². The first kappa shape index (κ1) is 8.33. The molecular weight excluding hydrogens is 186 g/mol. The summed E-state index contributed by atoms with van der Waals surface area (Å²) in [5.41, 5.74) is 1.82. The van der Waals surface area contributed by atoms with Crippen LogP contribution in [0, 0.1) is 0 Å². The summed E-state index contributed by atoms with van der Waals surface area (Å²) in [6.07, 6.45) is 3.36. The van der Waals surface area contributed by atoms with Gasteiger partial charge >= 0.3 is 0 Å².